The van der Waals surface area contributed by atoms with Gasteiger partial charge in [-0.1, -0.05) is 25.7 Å². The molecule has 0 saturated heterocycles. The SMILES string of the molecule is C=CCC(=N\C=C(/C)c1nc(C=C)c(/C=C/F)[nH]1)/C(=C/C)CC. The minimum atomic E-state index is 0.475. The molecule has 3 nitrogen and oxygen atoms in total. The maximum absolute atomic E-state index is 12.4. The summed E-state index contributed by atoms with van der Waals surface area (Å²) in [7, 11) is 0. The highest BCUT2D eigenvalue weighted by Gasteiger charge is 2.07. The number of halogens is 1. The van der Waals surface area contributed by atoms with Gasteiger partial charge in [-0.2, -0.15) is 0 Å². The summed E-state index contributed by atoms with van der Waals surface area (Å²) in [6, 6.07) is 0. The number of rotatable bonds is 8. The molecule has 0 aliphatic carbocycles. The number of hydrogen-bond donors (Lipinski definition) is 1. The minimum Gasteiger partial charge on any atom is -0.338 e. The van der Waals surface area contributed by atoms with Gasteiger partial charge < -0.3 is 4.98 Å². The standard InChI is InChI=1S/C19H24FN3/c1-6-10-17(15(7-2)8-3)21-13-14(5)19-22-16(9-4)18(23-19)11-12-20/h6-7,9,11-13H,1,4,8,10H2,2-3,5H3,(H,22,23)/b12-11+,14-13+,15-7+,21-17+. The average molecular weight is 313 g/mol. The third-order valence-electron chi connectivity index (χ3n) is 3.41. The molecule has 23 heavy (non-hydrogen) atoms. The average Bonchev–Trinajstić information content (AvgIpc) is 2.97. The van der Waals surface area contributed by atoms with Crippen LogP contribution in [0.15, 0.2) is 48.4 Å². The van der Waals surface area contributed by atoms with Crippen molar-refractivity contribution in [2.75, 3.05) is 0 Å². The normalized spacial score (nSPS) is 13.7. The van der Waals surface area contributed by atoms with Gasteiger partial charge in [-0.05, 0) is 38.0 Å². The van der Waals surface area contributed by atoms with E-state index in [2.05, 4.69) is 41.1 Å². The first-order valence-corrected chi connectivity index (χ1v) is 7.60. The Balaban J connectivity index is 3.18. The van der Waals surface area contributed by atoms with Gasteiger partial charge in [0.05, 0.1) is 17.7 Å². The predicted molar refractivity (Wildman–Crippen MR) is 98.8 cm³/mol. The molecule has 1 rings (SSSR count). The van der Waals surface area contributed by atoms with Gasteiger partial charge in [0, 0.05) is 23.9 Å². The number of H-pyrrole nitrogens is 1. The highest BCUT2D eigenvalue weighted by atomic mass is 19.1. The fraction of sp³-hybridized carbons (Fsp3) is 0.263. The van der Waals surface area contributed by atoms with Crippen molar-refractivity contribution in [3.63, 3.8) is 0 Å². The third-order valence-corrected chi connectivity index (χ3v) is 3.41. The Morgan fingerprint density at radius 1 is 1.39 bits per heavy atom. The van der Waals surface area contributed by atoms with Crippen LogP contribution in [0, 0.1) is 0 Å². The topological polar surface area (TPSA) is 41.0 Å². The van der Waals surface area contributed by atoms with E-state index in [0.717, 1.165) is 17.7 Å². The predicted octanol–water partition coefficient (Wildman–Crippen LogP) is 5.73. The maximum atomic E-state index is 12.4. The summed E-state index contributed by atoms with van der Waals surface area (Å²) < 4.78 is 12.4. The van der Waals surface area contributed by atoms with Crippen LogP contribution in [-0.2, 0) is 0 Å². The van der Waals surface area contributed by atoms with Gasteiger partial charge >= 0.3 is 0 Å². The van der Waals surface area contributed by atoms with E-state index in [1.165, 1.54) is 11.6 Å². The zero-order valence-electron chi connectivity index (χ0n) is 14.1. The van der Waals surface area contributed by atoms with Gasteiger partial charge in [0.2, 0.25) is 0 Å². The third kappa shape index (κ3) is 5.02. The summed E-state index contributed by atoms with van der Waals surface area (Å²) >= 11 is 0. The van der Waals surface area contributed by atoms with E-state index in [1.54, 1.807) is 12.3 Å². The molecule has 4 heteroatoms. The van der Waals surface area contributed by atoms with Crippen molar-refractivity contribution in [2.45, 2.75) is 33.6 Å². The lowest BCUT2D eigenvalue weighted by Gasteiger charge is -2.05. The Kier molecular flexibility index (Phi) is 7.67. The molecule has 0 aliphatic heterocycles. The van der Waals surface area contributed by atoms with E-state index < -0.39 is 0 Å². The van der Waals surface area contributed by atoms with Crippen LogP contribution in [0.4, 0.5) is 4.39 Å². The zero-order valence-corrected chi connectivity index (χ0v) is 14.1. The van der Waals surface area contributed by atoms with Crippen LogP contribution in [0.3, 0.4) is 0 Å². The number of nitrogens with one attached hydrogen (secondary N) is 1. The van der Waals surface area contributed by atoms with E-state index in [-0.39, 0.29) is 0 Å². The van der Waals surface area contributed by atoms with Crippen molar-refractivity contribution in [1.29, 1.82) is 0 Å². The van der Waals surface area contributed by atoms with Gasteiger partial charge in [-0.3, -0.25) is 4.99 Å². The Hall–Kier alpha value is -2.49. The van der Waals surface area contributed by atoms with Crippen LogP contribution in [0.2, 0.25) is 0 Å². The second kappa shape index (κ2) is 9.51. The smallest absolute Gasteiger partial charge is 0.135 e. The molecule has 0 spiro atoms. The van der Waals surface area contributed by atoms with Crippen molar-refractivity contribution in [3.05, 3.63) is 60.6 Å². The second-order valence-corrected chi connectivity index (χ2v) is 4.93. The molecule has 1 N–H and O–H groups in total. The van der Waals surface area contributed by atoms with Gasteiger partial charge in [0.25, 0.3) is 0 Å². The number of allylic oxidation sites excluding steroid dienone is 4. The summed E-state index contributed by atoms with van der Waals surface area (Å²) in [4.78, 5) is 12.0. The van der Waals surface area contributed by atoms with Crippen LogP contribution in [0.1, 0.15) is 50.8 Å². The van der Waals surface area contributed by atoms with Crippen molar-refractivity contribution in [3.8, 4) is 0 Å². The van der Waals surface area contributed by atoms with E-state index in [4.69, 9.17) is 0 Å². The summed E-state index contributed by atoms with van der Waals surface area (Å²) in [5.41, 5.74) is 4.24. The number of aromatic amines is 1. The van der Waals surface area contributed by atoms with Crippen LogP contribution < -0.4 is 0 Å². The first-order valence-electron chi connectivity index (χ1n) is 7.60. The second-order valence-electron chi connectivity index (χ2n) is 4.93. The molecule has 0 amide bonds. The molecule has 1 aromatic rings. The molecule has 122 valence electrons. The monoisotopic (exact) mass is 313 g/mol. The Morgan fingerprint density at radius 3 is 2.65 bits per heavy atom. The molecule has 0 radical (unpaired) electrons. The molecule has 0 aliphatic rings. The van der Waals surface area contributed by atoms with Crippen LogP contribution in [0.5, 0.6) is 0 Å². The highest BCUT2D eigenvalue weighted by molar-refractivity contribution is 6.01. The highest BCUT2D eigenvalue weighted by Crippen LogP contribution is 2.17. The van der Waals surface area contributed by atoms with Gasteiger partial charge in [0.1, 0.15) is 5.82 Å². The fourth-order valence-electron chi connectivity index (χ4n) is 2.15. The minimum absolute atomic E-state index is 0.475. The molecular formula is C19H24FN3. The largest absolute Gasteiger partial charge is 0.338 e. The molecule has 0 fully saturated rings. The fourth-order valence-corrected chi connectivity index (χ4v) is 2.15. The number of nitrogens with zero attached hydrogens (tertiary/aromatic N) is 2. The summed E-state index contributed by atoms with van der Waals surface area (Å²) in [6.07, 6.45) is 10.7. The number of imidazole rings is 1. The lowest BCUT2D eigenvalue weighted by Crippen LogP contribution is -2.00. The van der Waals surface area contributed by atoms with Crippen LogP contribution in [0.25, 0.3) is 17.7 Å². The van der Waals surface area contributed by atoms with Gasteiger partial charge in [-0.15, -0.1) is 6.58 Å². The molecule has 0 aromatic carbocycles. The van der Waals surface area contributed by atoms with E-state index in [9.17, 15) is 4.39 Å². The molecule has 0 atom stereocenters. The molecular weight excluding hydrogens is 289 g/mol. The molecule has 1 heterocycles. The molecule has 0 unspecified atom stereocenters. The van der Waals surface area contributed by atoms with Crippen LogP contribution in [-0.4, -0.2) is 15.7 Å². The summed E-state index contributed by atoms with van der Waals surface area (Å²) in [5, 5.41) is 0. The first-order chi connectivity index (χ1) is 11.1. The Bertz CT molecular complexity index is 673. The van der Waals surface area contributed by atoms with Crippen LogP contribution >= 0.6 is 0 Å². The maximum Gasteiger partial charge on any atom is 0.135 e. The Morgan fingerprint density at radius 2 is 2.13 bits per heavy atom. The lowest BCUT2D eigenvalue weighted by atomic mass is 10.1. The molecule has 1 aromatic heterocycles. The molecule has 0 saturated carbocycles. The van der Waals surface area contributed by atoms with Crippen molar-refractivity contribution >= 4 is 23.4 Å². The summed E-state index contributed by atoms with van der Waals surface area (Å²) in [5.74, 6) is 0.647. The van der Waals surface area contributed by atoms with E-state index in [1.807, 2.05) is 19.9 Å². The number of aliphatic imine (C=N–C) groups is 1. The number of aromatic nitrogens is 2. The van der Waals surface area contributed by atoms with Gasteiger partial charge in [0.15, 0.2) is 0 Å². The van der Waals surface area contributed by atoms with E-state index >= 15 is 0 Å². The van der Waals surface area contributed by atoms with Gasteiger partial charge in [-0.25, -0.2) is 9.37 Å². The zero-order chi connectivity index (χ0) is 17.2. The van der Waals surface area contributed by atoms with Crippen molar-refractivity contribution < 1.29 is 4.39 Å². The Labute approximate surface area is 137 Å². The number of hydrogen-bond acceptors (Lipinski definition) is 2. The van der Waals surface area contributed by atoms with E-state index in [0.29, 0.717) is 30.0 Å². The first kappa shape index (κ1) is 18.6. The van der Waals surface area contributed by atoms with Crippen molar-refractivity contribution in [2.24, 2.45) is 4.99 Å². The molecule has 0 bridgehead atoms. The van der Waals surface area contributed by atoms with Crippen molar-refractivity contribution in [1.82, 2.24) is 9.97 Å². The quantitative estimate of drug-likeness (QED) is 0.483. The summed E-state index contributed by atoms with van der Waals surface area (Å²) in [6.45, 7) is 13.5. The lowest BCUT2D eigenvalue weighted by molar-refractivity contribution is 0.727.